The van der Waals surface area contributed by atoms with E-state index in [1.165, 1.54) is 0 Å². The summed E-state index contributed by atoms with van der Waals surface area (Å²) in [6.45, 7) is 4.72. The van der Waals surface area contributed by atoms with Crippen molar-refractivity contribution in [2.24, 2.45) is 0 Å². The van der Waals surface area contributed by atoms with Crippen molar-refractivity contribution in [2.45, 2.75) is 39.3 Å². The van der Waals surface area contributed by atoms with E-state index in [0.29, 0.717) is 6.54 Å². The van der Waals surface area contributed by atoms with E-state index in [1.54, 1.807) is 16.2 Å². The molecule has 0 atom stereocenters. The maximum atomic E-state index is 12.1. The van der Waals surface area contributed by atoms with Crippen molar-refractivity contribution in [3.63, 3.8) is 0 Å². The molecule has 0 aliphatic heterocycles. The second-order valence-corrected chi connectivity index (χ2v) is 6.01. The molecule has 0 radical (unpaired) electrons. The first kappa shape index (κ1) is 14.8. The Morgan fingerprint density at radius 1 is 1.35 bits per heavy atom. The van der Waals surface area contributed by atoms with Crippen LogP contribution in [-0.2, 0) is 6.54 Å². The SMILES string of the molecule is CCC(CC)NC(=O)N(C)Cc1nc2ccccc2s1. The van der Waals surface area contributed by atoms with Gasteiger partial charge < -0.3 is 10.2 Å². The predicted octanol–water partition coefficient (Wildman–Crippen LogP) is 3.63. The van der Waals surface area contributed by atoms with Crippen LogP contribution in [0.4, 0.5) is 4.79 Å². The van der Waals surface area contributed by atoms with E-state index in [9.17, 15) is 4.79 Å². The summed E-state index contributed by atoms with van der Waals surface area (Å²) in [6, 6.07) is 8.27. The standard InChI is InChI=1S/C15H21N3OS/c1-4-11(5-2)16-15(19)18(3)10-14-17-12-8-6-7-9-13(12)20-14/h6-9,11H,4-5,10H2,1-3H3,(H,16,19). The monoisotopic (exact) mass is 291 g/mol. The van der Waals surface area contributed by atoms with Gasteiger partial charge in [0.1, 0.15) is 5.01 Å². The summed E-state index contributed by atoms with van der Waals surface area (Å²) in [5, 5.41) is 4.00. The molecule has 0 bridgehead atoms. The number of hydrogen-bond donors (Lipinski definition) is 1. The molecular weight excluding hydrogens is 270 g/mol. The van der Waals surface area contributed by atoms with Crippen molar-refractivity contribution in [1.29, 1.82) is 0 Å². The number of carbonyl (C=O) groups excluding carboxylic acids is 1. The van der Waals surface area contributed by atoms with Gasteiger partial charge in [-0.2, -0.15) is 0 Å². The highest BCUT2D eigenvalue weighted by Crippen LogP contribution is 2.22. The molecule has 5 heteroatoms. The zero-order chi connectivity index (χ0) is 14.5. The number of urea groups is 1. The summed E-state index contributed by atoms with van der Waals surface area (Å²) in [5.41, 5.74) is 1.00. The number of benzene rings is 1. The van der Waals surface area contributed by atoms with E-state index in [-0.39, 0.29) is 12.1 Å². The Bertz CT molecular complexity index is 544. The molecule has 0 saturated carbocycles. The van der Waals surface area contributed by atoms with Gasteiger partial charge in [0.25, 0.3) is 0 Å². The topological polar surface area (TPSA) is 45.2 Å². The minimum Gasteiger partial charge on any atom is -0.335 e. The van der Waals surface area contributed by atoms with Crippen LogP contribution in [-0.4, -0.2) is 29.0 Å². The van der Waals surface area contributed by atoms with Crippen LogP contribution in [0, 0.1) is 0 Å². The van der Waals surface area contributed by atoms with Crippen LogP contribution in [0.3, 0.4) is 0 Å². The smallest absolute Gasteiger partial charge is 0.317 e. The Labute approximate surface area is 123 Å². The van der Waals surface area contributed by atoms with E-state index in [1.807, 2.05) is 25.2 Å². The van der Waals surface area contributed by atoms with Crippen LogP contribution >= 0.6 is 11.3 Å². The third-order valence-electron chi connectivity index (χ3n) is 3.37. The highest BCUT2D eigenvalue weighted by molar-refractivity contribution is 7.18. The van der Waals surface area contributed by atoms with Crippen LogP contribution < -0.4 is 5.32 Å². The summed E-state index contributed by atoms with van der Waals surface area (Å²) in [4.78, 5) is 18.3. The first-order chi connectivity index (χ1) is 9.63. The fourth-order valence-corrected chi connectivity index (χ4v) is 3.06. The third kappa shape index (κ3) is 3.48. The van der Waals surface area contributed by atoms with Gasteiger partial charge >= 0.3 is 6.03 Å². The van der Waals surface area contributed by atoms with E-state index in [4.69, 9.17) is 0 Å². The van der Waals surface area contributed by atoms with Gasteiger partial charge in [-0.15, -0.1) is 11.3 Å². The highest BCUT2D eigenvalue weighted by Gasteiger charge is 2.14. The molecule has 108 valence electrons. The van der Waals surface area contributed by atoms with Gasteiger partial charge in [-0.1, -0.05) is 26.0 Å². The Hall–Kier alpha value is -1.62. The lowest BCUT2D eigenvalue weighted by Crippen LogP contribution is -2.42. The van der Waals surface area contributed by atoms with Gasteiger partial charge in [-0.3, -0.25) is 0 Å². The molecule has 20 heavy (non-hydrogen) atoms. The van der Waals surface area contributed by atoms with Gasteiger partial charge in [0.2, 0.25) is 0 Å². The minimum absolute atomic E-state index is 0.0297. The van der Waals surface area contributed by atoms with E-state index in [2.05, 4.69) is 30.2 Å². The fraction of sp³-hybridized carbons (Fsp3) is 0.467. The van der Waals surface area contributed by atoms with Gasteiger partial charge in [0.15, 0.2) is 0 Å². The average Bonchev–Trinajstić information content (AvgIpc) is 2.86. The molecule has 0 aliphatic carbocycles. The number of amides is 2. The van der Waals surface area contributed by atoms with Gasteiger partial charge in [0, 0.05) is 13.1 Å². The highest BCUT2D eigenvalue weighted by atomic mass is 32.1. The molecule has 0 saturated heterocycles. The molecule has 0 fully saturated rings. The molecule has 1 aromatic carbocycles. The lowest BCUT2D eigenvalue weighted by molar-refractivity contribution is 0.201. The number of hydrogen-bond acceptors (Lipinski definition) is 3. The van der Waals surface area contributed by atoms with Crippen molar-refractivity contribution in [2.75, 3.05) is 7.05 Å². The molecule has 0 unspecified atom stereocenters. The zero-order valence-electron chi connectivity index (χ0n) is 12.2. The van der Waals surface area contributed by atoms with Crippen molar-refractivity contribution >= 4 is 27.6 Å². The summed E-state index contributed by atoms with van der Waals surface area (Å²) in [7, 11) is 1.81. The summed E-state index contributed by atoms with van der Waals surface area (Å²) in [5.74, 6) is 0. The van der Waals surface area contributed by atoms with Crippen LogP contribution in [0.2, 0.25) is 0 Å². The Morgan fingerprint density at radius 2 is 2.05 bits per heavy atom. The number of fused-ring (bicyclic) bond motifs is 1. The molecule has 1 aromatic heterocycles. The molecule has 0 aliphatic rings. The second-order valence-electron chi connectivity index (χ2n) is 4.89. The molecule has 2 rings (SSSR count). The summed E-state index contributed by atoms with van der Waals surface area (Å²) < 4.78 is 1.16. The Kier molecular flexibility index (Phi) is 4.95. The number of thiazole rings is 1. The van der Waals surface area contributed by atoms with E-state index >= 15 is 0 Å². The molecule has 2 aromatic rings. The number of aromatic nitrogens is 1. The van der Waals surface area contributed by atoms with Crippen molar-refractivity contribution < 1.29 is 4.79 Å². The molecule has 4 nitrogen and oxygen atoms in total. The van der Waals surface area contributed by atoms with Crippen LogP contribution in [0.5, 0.6) is 0 Å². The van der Waals surface area contributed by atoms with Gasteiger partial charge in [0.05, 0.1) is 16.8 Å². The van der Waals surface area contributed by atoms with Gasteiger partial charge in [-0.25, -0.2) is 9.78 Å². The van der Waals surface area contributed by atoms with E-state index in [0.717, 1.165) is 28.1 Å². The number of para-hydroxylation sites is 1. The third-order valence-corrected chi connectivity index (χ3v) is 4.39. The van der Waals surface area contributed by atoms with Crippen LogP contribution in [0.1, 0.15) is 31.7 Å². The normalized spacial score (nSPS) is 11.0. The zero-order valence-corrected chi connectivity index (χ0v) is 13.0. The molecule has 1 heterocycles. The molecular formula is C15H21N3OS. The van der Waals surface area contributed by atoms with Crippen molar-refractivity contribution in [1.82, 2.24) is 15.2 Å². The van der Waals surface area contributed by atoms with Crippen LogP contribution in [0.15, 0.2) is 24.3 Å². The Morgan fingerprint density at radius 3 is 2.70 bits per heavy atom. The number of nitrogens with zero attached hydrogens (tertiary/aromatic N) is 2. The Balaban J connectivity index is 1.99. The van der Waals surface area contributed by atoms with Crippen LogP contribution in [0.25, 0.3) is 10.2 Å². The maximum absolute atomic E-state index is 12.1. The molecule has 0 spiro atoms. The van der Waals surface area contributed by atoms with Crippen molar-refractivity contribution in [3.8, 4) is 0 Å². The first-order valence-corrected chi connectivity index (χ1v) is 7.81. The quantitative estimate of drug-likeness (QED) is 0.914. The minimum atomic E-state index is -0.0297. The molecule has 2 amide bonds. The second kappa shape index (κ2) is 6.70. The molecule has 1 N–H and O–H groups in total. The average molecular weight is 291 g/mol. The summed E-state index contributed by atoms with van der Waals surface area (Å²) in [6.07, 6.45) is 1.91. The van der Waals surface area contributed by atoms with Crippen molar-refractivity contribution in [3.05, 3.63) is 29.3 Å². The number of nitrogens with one attached hydrogen (secondary N) is 1. The van der Waals surface area contributed by atoms with E-state index < -0.39 is 0 Å². The first-order valence-electron chi connectivity index (χ1n) is 7.00. The van der Waals surface area contributed by atoms with Gasteiger partial charge in [-0.05, 0) is 25.0 Å². The lowest BCUT2D eigenvalue weighted by Gasteiger charge is -2.21. The number of rotatable bonds is 5. The maximum Gasteiger partial charge on any atom is 0.317 e. The lowest BCUT2D eigenvalue weighted by atomic mass is 10.2. The fourth-order valence-electron chi connectivity index (χ4n) is 2.04. The largest absolute Gasteiger partial charge is 0.335 e. The summed E-state index contributed by atoms with van der Waals surface area (Å²) >= 11 is 1.64. The number of carbonyl (C=O) groups is 1. The predicted molar refractivity (Wildman–Crippen MR) is 84.0 cm³/mol.